The Morgan fingerprint density at radius 2 is 2.21 bits per heavy atom. The number of aromatic amines is 1. The molecule has 9 heteroatoms. The molecule has 1 aliphatic rings. The van der Waals surface area contributed by atoms with Gasteiger partial charge in [0.05, 0.1) is 6.61 Å². The van der Waals surface area contributed by atoms with Crippen molar-refractivity contribution in [3.63, 3.8) is 0 Å². The minimum Gasteiger partial charge on any atom is -0.394 e. The first-order chi connectivity index (χ1) is 8.96. The predicted octanol–water partition coefficient (Wildman–Crippen LogP) is -3.04. The lowest BCUT2D eigenvalue weighted by Gasteiger charge is -2.28. The zero-order valence-corrected chi connectivity index (χ0v) is 9.76. The van der Waals surface area contributed by atoms with Crippen molar-refractivity contribution in [3.05, 3.63) is 33.1 Å². The van der Waals surface area contributed by atoms with Crippen molar-refractivity contribution >= 4 is 6.72 Å². The second kappa shape index (κ2) is 4.70. The summed E-state index contributed by atoms with van der Waals surface area (Å²) < 4.78 is 6.04. The number of aromatic nitrogens is 2. The first kappa shape index (κ1) is 13.6. The van der Waals surface area contributed by atoms with Crippen LogP contribution in [0.25, 0.3) is 0 Å². The minimum atomic E-state index is -1.99. The maximum absolute atomic E-state index is 11.7. The molecule has 1 saturated heterocycles. The van der Waals surface area contributed by atoms with Crippen molar-refractivity contribution in [2.75, 3.05) is 6.61 Å². The van der Waals surface area contributed by atoms with Crippen molar-refractivity contribution < 1.29 is 20.1 Å². The van der Waals surface area contributed by atoms with Crippen LogP contribution in [0, 0.1) is 0 Å². The van der Waals surface area contributed by atoms with Gasteiger partial charge >= 0.3 is 5.69 Å². The highest BCUT2D eigenvalue weighted by molar-refractivity contribution is 5.26. The van der Waals surface area contributed by atoms with E-state index < -0.39 is 42.0 Å². The Balaban J connectivity index is 2.58. The Morgan fingerprint density at radius 1 is 1.53 bits per heavy atom. The summed E-state index contributed by atoms with van der Waals surface area (Å²) in [5.41, 5.74) is -1.52. The molecule has 4 N–H and O–H groups in total. The standard InChI is InChI=1S/C10H13N3O6/c1-11-10(8(17)7(16)5(4-14)19-10)13-3-2-6(15)12-9(13)18/h2-3,5,7-8,14,16-17H,1,4H2,(H,12,15,18)/t5-,7-,8-,10+/m1/s1. The minimum absolute atomic E-state index is 0.576. The lowest BCUT2D eigenvalue weighted by molar-refractivity contribution is -0.143. The molecular weight excluding hydrogens is 258 g/mol. The van der Waals surface area contributed by atoms with Gasteiger partial charge in [0, 0.05) is 12.3 Å². The van der Waals surface area contributed by atoms with Crippen molar-refractivity contribution in [2.45, 2.75) is 24.2 Å². The molecule has 0 radical (unpaired) electrons. The van der Waals surface area contributed by atoms with Gasteiger partial charge in [-0.2, -0.15) is 0 Å². The van der Waals surface area contributed by atoms with Gasteiger partial charge in [0.15, 0.2) is 6.10 Å². The van der Waals surface area contributed by atoms with Gasteiger partial charge in [-0.05, 0) is 6.72 Å². The topological polar surface area (TPSA) is 137 Å². The maximum Gasteiger partial charge on any atom is 0.332 e. The zero-order chi connectivity index (χ0) is 14.2. The Bertz CT molecular complexity index is 595. The number of aliphatic hydroxyl groups excluding tert-OH is 3. The Hall–Kier alpha value is -1.81. The van der Waals surface area contributed by atoms with Crippen LogP contribution in [0.3, 0.4) is 0 Å². The largest absolute Gasteiger partial charge is 0.394 e. The third-order valence-electron chi connectivity index (χ3n) is 2.99. The molecule has 9 nitrogen and oxygen atoms in total. The van der Waals surface area contributed by atoms with E-state index in [1.54, 1.807) is 0 Å². The first-order valence-corrected chi connectivity index (χ1v) is 5.41. The monoisotopic (exact) mass is 271 g/mol. The molecule has 4 atom stereocenters. The van der Waals surface area contributed by atoms with E-state index in [1.807, 2.05) is 4.98 Å². The molecule has 1 aromatic rings. The summed E-state index contributed by atoms with van der Waals surface area (Å²) in [4.78, 5) is 28.3. The van der Waals surface area contributed by atoms with Gasteiger partial charge in [0.2, 0.25) is 0 Å². The van der Waals surface area contributed by atoms with Crippen LogP contribution in [-0.4, -0.2) is 56.5 Å². The summed E-state index contributed by atoms with van der Waals surface area (Å²) in [6.45, 7) is 2.65. The highest BCUT2D eigenvalue weighted by atomic mass is 16.6. The Labute approximate surface area is 106 Å². The van der Waals surface area contributed by atoms with Gasteiger partial charge in [-0.15, -0.1) is 0 Å². The van der Waals surface area contributed by atoms with Crippen LogP contribution in [0.2, 0.25) is 0 Å². The van der Waals surface area contributed by atoms with E-state index in [-0.39, 0.29) is 0 Å². The number of hydrogen-bond donors (Lipinski definition) is 4. The van der Waals surface area contributed by atoms with Crippen LogP contribution in [0.1, 0.15) is 0 Å². The number of rotatable bonds is 3. The molecule has 0 spiro atoms. The molecule has 0 aromatic carbocycles. The van der Waals surface area contributed by atoms with Gasteiger partial charge in [0.1, 0.15) is 12.2 Å². The smallest absolute Gasteiger partial charge is 0.332 e. The third-order valence-corrected chi connectivity index (χ3v) is 2.99. The maximum atomic E-state index is 11.7. The van der Waals surface area contributed by atoms with Crippen LogP contribution < -0.4 is 11.2 Å². The molecule has 0 bridgehead atoms. The summed E-state index contributed by atoms with van der Waals surface area (Å²) in [6, 6.07) is 1.03. The summed E-state index contributed by atoms with van der Waals surface area (Å²) in [7, 11) is 0. The molecule has 1 fully saturated rings. The number of ether oxygens (including phenoxy) is 1. The van der Waals surface area contributed by atoms with Crippen LogP contribution in [0.15, 0.2) is 26.8 Å². The van der Waals surface area contributed by atoms with Gasteiger partial charge in [-0.25, -0.2) is 14.4 Å². The van der Waals surface area contributed by atoms with Crippen LogP contribution in [-0.2, 0) is 10.6 Å². The van der Waals surface area contributed by atoms with Crippen LogP contribution in [0.5, 0.6) is 0 Å². The number of nitrogens with one attached hydrogen (secondary N) is 1. The highest BCUT2D eigenvalue weighted by Gasteiger charge is 2.55. The summed E-state index contributed by atoms with van der Waals surface area (Å²) in [6.07, 6.45) is -3.13. The lowest BCUT2D eigenvalue weighted by atomic mass is 10.1. The van der Waals surface area contributed by atoms with Crippen molar-refractivity contribution in [1.29, 1.82) is 0 Å². The number of aliphatic hydroxyl groups is 3. The second-order valence-electron chi connectivity index (χ2n) is 4.07. The van der Waals surface area contributed by atoms with Gasteiger partial charge < -0.3 is 20.1 Å². The van der Waals surface area contributed by atoms with E-state index in [9.17, 15) is 19.8 Å². The molecule has 0 amide bonds. The van der Waals surface area contributed by atoms with Gasteiger partial charge in [0.25, 0.3) is 11.4 Å². The quantitative estimate of drug-likeness (QED) is 0.431. The van der Waals surface area contributed by atoms with Crippen molar-refractivity contribution in [3.8, 4) is 0 Å². The average molecular weight is 271 g/mol. The summed E-state index contributed by atoms with van der Waals surface area (Å²) in [5.74, 6) is -1.99. The number of H-pyrrole nitrogens is 1. The first-order valence-electron chi connectivity index (χ1n) is 5.41. The fraction of sp³-hybridized carbons (Fsp3) is 0.500. The van der Waals surface area contributed by atoms with Crippen molar-refractivity contribution in [2.24, 2.45) is 4.99 Å². The fourth-order valence-electron chi connectivity index (χ4n) is 2.01. The van der Waals surface area contributed by atoms with Gasteiger partial charge in [-0.1, -0.05) is 0 Å². The second-order valence-corrected chi connectivity index (χ2v) is 4.07. The highest BCUT2D eigenvalue weighted by Crippen LogP contribution is 2.35. The number of hydrogen-bond acceptors (Lipinski definition) is 7. The van der Waals surface area contributed by atoms with E-state index in [1.165, 1.54) is 0 Å². The SMILES string of the molecule is C=N[C@@]1(n2ccc(=O)[nH]c2=O)O[C@H](CO)[C@@H](O)[C@H]1O. The molecule has 1 aliphatic heterocycles. The summed E-state index contributed by atoms with van der Waals surface area (Å²) >= 11 is 0. The molecule has 2 rings (SSSR count). The van der Waals surface area contributed by atoms with E-state index in [2.05, 4.69) is 11.7 Å². The summed E-state index contributed by atoms with van der Waals surface area (Å²) in [5, 5.41) is 28.7. The zero-order valence-electron chi connectivity index (χ0n) is 9.76. The molecule has 0 saturated carbocycles. The lowest BCUT2D eigenvalue weighted by Crippen LogP contribution is -2.50. The van der Waals surface area contributed by atoms with E-state index in [0.29, 0.717) is 0 Å². The van der Waals surface area contributed by atoms with Crippen molar-refractivity contribution in [1.82, 2.24) is 9.55 Å². The normalized spacial score (nSPS) is 34.4. The van der Waals surface area contributed by atoms with Crippen LogP contribution in [0.4, 0.5) is 0 Å². The fourth-order valence-corrected chi connectivity index (χ4v) is 2.01. The Kier molecular flexibility index (Phi) is 3.37. The number of nitrogens with zero attached hydrogens (tertiary/aromatic N) is 2. The van der Waals surface area contributed by atoms with Crippen LogP contribution >= 0.6 is 0 Å². The van der Waals surface area contributed by atoms with E-state index in [4.69, 9.17) is 9.84 Å². The average Bonchev–Trinajstić information content (AvgIpc) is 2.64. The third kappa shape index (κ3) is 1.92. The molecule has 1 aromatic heterocycles. The van der Waals surface area contributed by atoms with E-state index >= 15 is 0 Å². The molecule has 2 heterocycles. The predicted molar refractivity (Wildman–Crippen MR) is 62.8 cm³/mol. The molecule has 0 aliphatic carbocycles. The molecule has 19 heavy (non-hydrogen) atoms. The molecule has 104 valence electrons. The molecule has 0 unspecified atom stereocenters. The van der Waals surface area contributed by atoms with Gasteiger partial charge in [-0.3, -0.25) is 9.78 Å². The van der Waals surface area contributed by atoms with E-state index in [0.717, 1.165) is 16.8 Å². The Morgan fingerprint density at radius 3 is 2.68 bits per heavy atom. The number of aliphatic imine (C=N–C) groups is 1. The molecular formula is C10H13N3O6.